The maximum atomic E-state index is 13.8. The molecule has 0 bridgehead atoms. The van der Waals surface area contributed by atoms with E-state index in [9.17, 15) is 13.6 Å². The quantitative estimate of drug-likeness (QED) is 0.584. The van der Waals surface area contributed by atoms with Gasteiger partial charge in [-0.05, 0) is 46.3 Å². The minimum atomic E-state index is -0.435. The first-order valence-electron chi connectivity index (χ1n) is 9.40. The summed E-state index contributed by atoms with van der Waals surface area (Å²) in [7, 11) is 0. The number of fused-ring (bicyclic) bond motifs is 2. The molecule has 2 atom stereocenters. The Kier molecular flexibility index (Phi) is 4.46. The number of carbonyl (C=O) groups excluding carboxylic acids is 1. The van der Waals surface area contributed by atoms with Gasteiger partial charge in [-0.1, -0.05) is 6.07 Å². The van der Waals surface area contributed by atoms with Crippen molar-refractivity contribution >= 4 is 38.7 Å². The Bertz CT molecular complexity index is 1110. The molecule has 0 spiro atoms. The smallest absolute Gasteiger partial charge is 0.255 e. The Morgan fingerprint density at radius 2 is 1.83 bits per heavy atom. The van der Waals surface area contributed by atoms with Crippen molar-refractivity contribution in [3.8, 4) is 0 Å². The van der Waals surface area contributed by atoms with E-state index in [1.165, 1.54) is 18.2 Å². The highest BCUT2D eigenvalue weighted by Crippen LogP contribution is 2.34. The highest BCUT2D eigenvalue weighted by Gasteiger charge is 2.42. The number of likely N-dealkylation sites (tertiary alicyclic amines) is 1. The maximum absolute atomic E-state index is 13.8. The van der Waals surface area contributed by atoms with Crippen LogP contribution < -0.4 is 4.90 Å². The molecule has 0 radical (unpaired) electrons. The molecule has 5 rings (SSSR count). The number of anilines is 1. The molecule has 0 saturated carbocycles. The Morgan fingerprint density at radius 1 is 1.07 bits per heavy atom. The van der Waals surface area contributed by atoms with E-state index < -0.39 is 5.82 Å². The maximum Gasteiger partial charge on any atom is 0.255 e. The largest absolute Gasteiger partial charge is 0.340 e. The zero-order valence-electron chi connectivity index (χ0n) is 15.4. The van der Waals surface area contributed by atoms with E-state index in [1.54, 1.807) is 29.3 Å². The van der Waals surface area contributed by atoms with Crippen molar-refractivity contribution < 1.29 is 13.6 Å². The molecule has 148 valence electrons. The predicted octanol–water partition coefficient (Wildman–Crippen LogP) is 3.88. The molecule has 2 saturated heterocycles. The number of halogens is 3. The molecule has 1 amide bonds. The average Bonchev–Trinajstić information content (AvgIpc) is 3.28. The standard InChI is InChI=1S/C21H17BrF2N4O/c22-19-16(2-1-3-17(19)24)20(29)27-8-13-10-28(11-14(13)9-27)21-25-7-12-6-15(23)4-5-18(12)26-21/h1-7,13-14H,8-11H2. The van der Waals surface area contributed by atoms with Crippen LogP contribution in [0.5, 0.6) is 0 Å². The molecule has 5 nitrogen and oxygen atoms in total. The molecule has 1 aromatic heterocycles. The molecule has 0 aliphatic carbocycles. The van der Waals surface area contributed by atoms with E-state index in [4.69, 9.17) is 0 Å². The first-order valence-corrected chi connectivity index (χ1v) is 10.2. The summed E-state index contributed by atoms with van der Waals surface area (Å²) in [5, 5.41) is 0.672. The third kappa shape index (κ3) is 3.25. The minimum Gasteiger partial charge on any atom is -0.340 e. The number of hydrogen-bond donors (Lipinski definition) is 0. The minimum absolute atomic E-state index is 0.152. The predicted molar refractivity (Wildman–Crippen MR) is 109 cm³/mol. The lowest BCUT2D eigenvalue weighted by Crippen LogP contribution is -2.34. The highest BCUT2D eigenvalue weighted by atomic mass is 79.9. The first kappa shape index (κ1) is 18.4. The SMILES string of the molecule is O=C(c1cccc(F)c1Br)N1CC2CN(c3ncc4cc(F)ccc4n3)CC2C1. The highest BCUT2D eigenvalue weighted by molar-refractivity contribution is 9.10. The molecule has 2 aliphatic heterocycles. The Hall–Kier alpha value is -2.61. The summed E-state index contributed by atoms with van der Waals surface area (Å²) >= 11 is 3.18. The van der Waals surface area contributed by atoms with Crippen LogP contribution in [0, 0.1) is 23.5 Å². The van der Waals surface area contributed by atoms with Crippen LogP contribution in [0.4, 0.5) is 14.7 Å². The molecule has 2 aromatic carbocycles. The van der Waals surface area contributed by atoms with Gasteiger partial charge in [-0.15, -0.1) is 0 Å². The number of nitrogens with zero attached hydrogens (tertiary/aromatic N) is 4. The van der Waals surface area contributed by atoms with Gasteiger partial charge in [0.15, 0.2) is 0 Å². The summed E-state index contributed by atoms with van der Waals surface area (Å²) < 4.78 is 27.3. The van der Waals surface area contributed by atoms with Gasteiger partial charge in [-0.25, -0.2) is 18.7 Å². The monoisotopic (exact) mass is 458 g/mol. The van der Waals surface area contributed by atoms with Crippen LogP contribution in [0.2, 0.25) is 0 Å². The fraction of sp³-hybridized carbons (Fsp3) is 0.286. The molecule has 3 heterocycles. The number of amides is 1. The van der Waals surface area contributed by atoms with Crippen molar-refractivity contribution in [2.75, 3.05) is 31.1 Å². The van der Waals surface area contributed by atoms with Crippen LogP contribution in [-0.4, -0.2) is 47.0 Å². The fourth-order valence-electron chi connectivity index (χ4n) is 4.31. The number of carbonyl (C=O) groups is 1. The normalized spacial score (nSPS) is 21.1. The van der Waals surface area contributed by atoms with Crippen LogP contribution in [0.15, 0.2) is 47.1 Å². The van der Waals surface area contributed by atoms with E-state index >= 15 is 0 Å². The third-order valence-corrected chi connectivity index (χ3v) is 6.57. The van der Waals surface area contributed by atoms with Crippen LogP contribution in [0.3, 0.4) is 0 Å². The summed E-state index contributed by atoms with van der Waals surface area (Å²) in [4.78, 5) is 25.7. The summed E-state index contributed by atoms with van der Waals surface area (Å²) in [6.45, 7) is 2.76. The van der Waals surface area contributed by atoms with Gasteiger partial charge in [0.2, 0.25) is 5.95 Å². The molecule has 2 aliphatic rings. The molecule has 0 N–H and O–H groups in total. The van der Waals surface area contributed by atoms with E-state index in [-0.39, 0.29) is 16.2 Å². The van der Waals surface area contributed by atoms with Crippen molar-refractivity contribution in [3.63, 3.8) is 0 Å². The molecular formula is C21H17BrF2N4O. The van der Waals surface area contributed by atoms with Crippen LogP contribution in [0.25, 0.3) is 10.9 Å². The Balaban J connectivity index is 1.30. The summed E-state index contributed by atoms with van der Waals surface area (Å²) in [6.07, 6.45) is 1.64. The first-order chi connectivity index (χ1) is 14.0. The van der Waals surface area contributed by atoms with Gasteiger partial charge in [0.05, 0.1) is 15.6 Å². The lowest BCUT2D eigenvalue weighted by molar-refractivity contribution is 0.0781. The van der Waals surface area contributed by atoms with Gasteiger partial charge in [0, 0.05) is 49.6 Å². The number of rotatable bonds is 2. The number of aromatic nitrogens is 2. The summed E-state index contributed by atoms with van der Waals surface area (Å²) in [5.41, 5.74) is 1.06. The number of benzene rings is 2. The average molecular weight is 459 g/mol. The van der Waals surface area contributed by atoms with Gasteiger partial charge in [0.1, 0.15) is 11.6 Å². The van der Waals surface area contributed by atoms with Crippen molar-refractivity contribution in [2.24, 2.45) is 11.8 Å². The Morgan fingerprint density at radius 3 is 2.59 bits per heavy atom. The van der Waals surface area contributed by atoms with Gasteiger partial charge in [-0.3, -0.25) is 4.79 Å². The lowest BCUT2D eigenvalue weighted by Gasteiger charge is -2.22. The van der Waals surface area contributed by atoms with E-state index in [2.05, 4.69) is 30.8 Å². The van der Waals surface area contributed by atoms with Crippen LogP contribution in [-0.2, 0) is 0 Å². The van der Waals surface area contributed by atoms with Crippen molar-refractivity contribution in [3.05, 3.63) is 64.3 Å². The molecule has 29 heavy (non-hydrogen) atoms. The molecule has 2 unspecified atom stereocenters. The topological polar surface area (TPSA) is 49.3 Å². The van der Waals surface area contributed by atoms with E-state index in [0.29, 0.717) is 47.3 Å². The second-order valence-electron chi connectivity index (χ2n) is 7.61. The second-order valence-corrected chi connectivity index (χ2v) is 8.40. The van der Waals surface area contributed by atoms with Gasteiger partial charge in [-0.2, -0.15) is 0 Å². The van der Waals surface area contributed by atoms with Gasteiger partial charge < -0.3 is 9.80 Å². The van der Waals surface area contributed by atoms with Crippen LogP contribution >= 0.6 is 15.9 Å². The van der Waals surface area contributed by atoms with Crippen molar-refractivity contribution in [1.29, 1.82) is 0 Å². The van der Waals surface area contributed by atoms with E-state index in [0.717, 1.165) is 13.1 Å². The van der Waals surface area contributed by atoms with Crippen molar-refractivity contribution in [2.45, 2.75) is 0 Å². The third-order valence-electron chi connectivity index (χ3n) is 5.77. The molecular weight excluding hydrogens is 442 g/mol. The molecule has 3 aromatic rings. The van der Waals surface area contributed by atoms with Crippen molar-refractivity contribution in [1.82, 2.24) is 14.9 Å². The number of hydrogen-bond acceptors (Lipinski definition) is 4. The second kappa shape index (κ2) is 7.02. The van der Waals surface area contributed by atoms with Crippen LogP contribution in [0.1, 0.15) is 10.4 Å². The van der Waals surface area contributed by atoms with E-state index in [1.807, 2.05) is 0 Å². The lowest BCUT2D eigenvalue weighted by atomic mass is 10.0. The fourth-order valence-corrected chi connectivity index (χ4v) is 4.74. The summed E-state index contributed by atoms with van der Waals surface area (Å²) in [6, 6.07) is 8.99. The Labute approximate surface area is 174 Å². The van der Waals surface area contributed by atoms with Gasteiger partial charge in [0.25, 0.3) is 5.91 Å². The summed E-state index contributed by atoms with van der Waals surface area (Å²) in [5.74, 6) is 0.372. The molecule has 2 fully saturated rings. The zero-order valence-corrected chi connectivity index (χ0v) is 16.9. The van der Waals surface area contributed by atoms with Gasteiger partial charge >= 0.3 is 0 Å². The zero-order chi connectivity index (χ0) is 20.1. The molecule has 8 heteroatoms.